The van der Waals surface area contributed by atoms with Crippen molar-refractivity contribution in [3.8, 4) is 0 Å². The van der Waals surface area contributed by atoms with Crippen molar-refractivity contribution in [1.29, 1.82) is 0 Å². The Kier molecular flexibility index (Phi) is 3.57. The van der Waals surface area contributed by atoms with Crippen LogP contribution in [0.4, 0.5) is 0 Å². The van der Waals surface area contributed by atoms with Gasteiger partial charge in [-0.25, -0.2) is 0 Å². The van der Waals surface area contributed by atoms with Crippen molar-refractivity contribution in [2.45, 2.75) is 44.9 Å². The summed E-state index contributed by atoms with van der Waals surface area (Å²) in [5.74, 6) is 6.30. The summed E-state index contributed by atoms with van der Waals surface area (Å²) >= 11 is 0. The molecule has 1 saturated heterocycles. The quantitative estimate of drug-likeness (QED) is 0.841. The predicted molar refractivity (Wildman–Crippen MR) is 76.9 cm³/mol. The van der Waals surface area contributed by atoms with Crippen LogP contribution < -0.4 is 5.32 Å². The number of hydrogen-bond donors (Lipinski definition) is 1. The first-order valence-electron chi connectivity index (χ1n) is 8.67. The molecule has 2 heteroatoms. The van der Waals surface area contributed by atoms with E-state index in [2.05, 4.69) is 5.32 Å². The summed E-state index contributed by atoms with van der Waals surface area (Å²) in [6.07, 6.45) is 10.4. The SMILES string of the molecule is C1CC(CNCC2C3CC4CC(C3)CC2C4)CCO1. The molecule has 0 aromatic rings. The smallest absolute Gasteiger partial charge is 0.0469 e. The van der Waals surface area contributed by atoms with Crippen LogP contribution >= 0.6 is 0 Å². The van der Waals surface area contributed by atoms with Crippen LogP contribution in [0.5, 0.6) is 0 Å². The Morgan fingerprint density at radius 3 is 2.05 bits per heavy atom. The molecule has 0 aromatic carbocycles. The highest BCUT2D eigenvalue weighted by molar-refractivity contribution is 4.98. The highest BCUT2D eigenvalue weighted by Gasteiger charge is 2.47. The van der Waals surface area contributed by atoms with Gasteiger partial charge in [0.2, 0.25) is 0 Å². The summed E-state index contributed by atoms with van der Waals surface area (Å²) in [5.41, 5.74) is 0. The second-order valence-corrected chi connectivity index (χ2v) is 7.81. The molecule has 1 N–H and O–H groups in total. The number of nitrogens with one attached hydrogen (secondary N) is 1. The lowest BCUT2D eigenvalue weighted by molar-refractivity contribution is -0.0361. The van der Waals surface area contributed by atoms with Gasteiger partial charge >= 0.3 is 0 Å². The van der Waals surface area contributed by atoms with E-state index < -0.39 is 0 Å². The third-order valence-corrected chi connectivity index (χ3v) is 6.58. The Morgan fingerprint density at radius 2 is 1.42 bits per heavy atom. The monoisotopic (exact) mass is 263 g/mol. The Morgan fingerprint density at radius 1 is 0.789 bits per heavy atom. The topological polar surface area (TPSA) is 21.3 Å². The lowest BCUT2D eigenvalue weighted by Crippen LogP contribution is -2.48. The van der Waals surface area contributed by atoms with Crippen molar-refractivity contribution in [2.24, 2.45) is 35.5 Å². The zero-order valence-electron chi connectivity index (χ0n) is 12.2. The Hall–Kier alpha value is -0.0800. The van der Waals surface area contributed by atoms with E-state index in [4.69, 9.17) is 4.74 Å². The zero-order valence-corrected chi connectivity index (χ0v) is 12.2. The van der Waals surface area contributed by atoms with Crippen LogP contribution in [0.3, 0.4) is 0 Å². The highest BCUT2D eigenvalue weighted by atomic mass is 16.5. The summed E-state index contributed by atoms with van der Waals surface area (Å²) < 4.78 is 5.45. The molecule has 4 bridgehead atoms. The summed E-state index contributed by atoms with van der Waals surface area (Å²) in [4.78, 5) is 0. The van der Waals surface area contributed by atoms with E-state index in [9.17, 15) is 0 Å². The Bertz CT molecular complexity index is 282. The van der Waals surface area contributed by atoms with Crippen LogP contribution in [0.15, 0.2) is 0 Å². The maximum atomic E-state index is 5.45. The molecule has 0 aromatic heterocycles. The minimum Gasteiger partial charge on any atom is -0.381 e. The molecule has 4 saturated carbocycles. The maximum Gasteiger partial charge on any atom is 0.0469 e. The fraction of sp³-hybridized carbons (Fsp3) is 1.00. The van der Waals surface area contributed by atoms with Gasteiger partial charge in [-0.3, -0.25) is 0 Å². The summed E-state index contributed by atoms with van der Waals surface area (Å²) in [7, 11) is 0. The van der Waals surface area contributed by atoms with Crippen molar-refractivity contribution in [3.05, 3.63) is 0 Å². The van der Waals surface area contributed by atoms with Crippen LogP contribution in [-0.4, -0.2) is 26.3 Å². The summed E-state index contributed by atoms with van der Waals surface area (Å²) in [5, 5.41) is 3.83. The van der Waals surface area contributed by atoms with Gasteiger partial charge in [-0.15, -0.1) is 0 Å². The van der Waals surface area contributed by atoms with Crippen molar-refractivity contribution < 1.29 is 4.74 Å². The Labute approximate surface area is 117 Å². The van der Waals surface area contributed by atoms with Crippen molar-refractivity contribution >= 4 is 0 Å². The molecule has 5 aliphatic rings. The van der Waals surface area contributed by atoms with Gasteiger partial charge < -0.3 is 10.1 Å². The largest absolute Gasteiger partial charge is 0.381 e. The van der Waals surface area contributed by atoms with E-state index in [0.29, 0.717) is 0 Å². The average Bonchev–Trinajstić information content (AvgIpc) is 2.42. The van der Waals surface area contributed by atoms with Gasteiger partial charge in [0.05, 0.1) is 0 Å². The molecule has 2 nitrogen and oxygen atoms in total. The second-order valence-electron chi connectivity index (χ2n) is 7.81. The van der Waals surface area contributed by atoms with Crippen LogP contribution in [0.2, 0.25) is 0 Å². The third kappa shape index (κ3) is 2.58. The van der Waals surface area contributed by atoms with Crippen LogP contribution in [0.1, 0.15) is 44.9 Å². The van der Waals surface area contributed by atoms with E-state index in [1.54, 1.807) is 32.1 Å². The fourth-order valence-electron chi connectivity index (χ4n) is 5.78. The van der Waals surface area contributed by atoms with Crippen LogP contribution in [0, 0.1) is 35.5 Å². The molecule has 0 amide bonds. The number of rotatable bonds is 4. The van der Waals surface area contributed by atoms with Gasteiger partial charge in [-0.2, -0.15) is 0 Å². The molecule has 0 radical (unpaired) electrons. The molecule has 0 spiro atoms. The van der Waals surface area contributed by atoms with Crippen LogP contribution in [0.25, 0.3) is 0 Å². The molecular formula is C17H29NO. The van der Waals surface area contributed by atoms with Crippen LogP contribution in [-0.2, 0) is 4.74 Å². The van der Waals surface area contributed by atoms with Crippen molar-refractivity contribution in [3.63, 3.8) is 0 Å². The minimum absolute atomic E-state index is 0.880. The molecule has 0 atom stereocenters. The molecular weight excluding hydrogens is 234 g/mol. The first-order valence-corrected chi connectivity index (χ1v) is 8.67. The Balaban J connectivity index is 1.26. The van der Waals surface area contributed by atoms with E-state index in [1.807, 2.05) is 0 Å². The van der Waals surface area contributed by atoms with E-state index >= 15 is 0 Å². The number of hydrogen-bond acceptors (Lipinski definition) is 2. The summed E-state index contributed by atoms with van der Waals surface area (Å²) in [6, 6.07) is 0. The fourth-order valence-corrected chi connectivity index (χ4v) is 5.78. The van der Waals surface area contributed by atoms with Gasteiger partial charge in [0.25, 0.3) is 0 Å². The molecule has 108 valence electrons. The lowest BCUT2D eigenvalue weighted by Gasteiger charge is -2.54. The van der Waals surface area contributed by atoms with E-state index in [-0.39, 0.29) is 0 Å². The van der Waals surface area contributed by atoms with Gasteiger partial charge in [-0.05, 0) is 93.5 Å². The molecule has 4 aliphatic carbocycles. The maximum absolute atomic E-state index is 5.45. The summed E-state index contributed by atoms with van der Waals surface area (Å²) in [6.45, 7) is 4.53. The standard InChI is InChI=1S/C17H29NO/c1-3-19-4-2-12(1)10-18-11-17-15-6-13-5-14(8-15)9-16(17)7-13/h12-18H,1-11H2. The van der Waals surface area contributed by atoms with Gasteiger partial charge in [0, 0.05) is 13.2 Å². The first kappa shape index (κ1) is 12.6. The highest BCUT2D eigenvalue weighted by Crippen LogP contribution is 2.56. The molecule has 5 fully saturated rings. The molecule has 0 unspecified atom stereocenters. The van der Waals surface area contributed by atoms with Gasteiger partial charge in [0.15, 0.2) is 0 Å². The zero-order chi connectivity index (χ0) is 12.7. The van der Waals surface area contributed by atoms with Gasteiger partial charge in [-0.1, -0.05) is 0 Å². The molecule has 5 rings (SSSR count). The predicted octanol–water partition coefficient (Wildman–Crippen LogP) is 3.07. The van der Waals surface area contributed by atoms with E-state index in [0.717, 1.165) is 48.7 Å². The first-order chi connectivity index (χ1) is 9.38. The lowest BCUT2D eigenvalue weighted by atomic mass is 9.52. The second kappa shape index (κ2) is 5.37. The molecule has 1 heterocycles. The van der Waals surface area contributed by atoms with Crippen molar-refractivity contribution in [2.75, 3.05) is 26.3 Å². The minimum atomic E-state index is 0.880. The normalized spacial score (nSPS) is 45.8. The van der Waals surface area contributed by atoms with Crippen molar-refractivity contribution in [1.82, 2.24) is 5.32 Å². The van der Waals surface area contributed by atoms with E-state index in [1.165, 1.54) is 25.9 Å². The average molecular weight is 263 g/mol. The third-order valence-electron chi connectivity index (χ3n) is 6.58. The van der Waals surface area contributed by atoms with Gasteiger partial charge in [0.1, 0.15) is 0 Å². The molecule has 19 heavy (non-hydrogen) atoms. The number of ether oxygens (including phenoxy) is 1. The molecule has 1 aliphatic heterocycles.